The van der Waals surface area contributed by atoms with E-state index in [0.29, 0.717) is 5.82 Å². The fraction of sp³-hybridized carbons (Fsp3) is 0.400. The molecule has 0 radical (unpaired) electrons. The zero-order valence-electron chi connectivity index (χ0n) is 12.7. The second-order valence-electron chi connectivity index (χ2n) is 5.86. The van der Waals surface area contributed by atoms with Crippen LogP contribution in [0.5, 0.6) is 0 Å². The smallest absolute Gasteiger partial charge is 0.404 e. The minimum absolute atomic E-state index is 0.000794. The summed E-state index contributed by atoms with van der Waals surface area (Å²) >= 11 is 0. The van der Waals surface area contributed by atoms with E-state index in [2.05, 4.69) is 20.8 Å². The molecule has 1 saturated carbocycles. The van der Waals surface area contributed by atoms with Gasteiger partial charge >= 0.3 is 6.09 Å². The highest BCUT2D eigenvalue weighted by atomic mass is 16.4. The number of nitrogens with zero attached hydrogens (tertiary/aromatic N) is 2. The highest BCUT2D eigenvalue weighted by molar-refractivity contribution is 5.65. The van der Waals surface area contributed by atoms with Crippen molar-refractivity contribution in [2.24, 2.45) is 7.05 Å². The fourth-order valence-electron chi connectivity index (χ4n) is 3.00. The number of amides is 1. The molecule has 0 spiro atoms. The summed E-state index contributed by atoms with van der Waals surface area (Å²) in [5.74, 6) is 0.948. The highest BCUT2D eigenvalue weighted by Crippen LogP contribution is 2.34. The van der Waals surface area contributed by atoms with E-state index >= 15 is 0 Å². The van der Waals surface area contributed by atoms with Gasteiger partial charge in [0.1, 0.15) is 0 Å². The molecule has 23 heavy (non-hydrogen) atoms. The second kappa shape index (κ2) is 6.15. The minimum Gasteiger partial charge on any atom is -0.465 e. The van der Waals surface area contributed by atoms with Crippen molar-refractivity contribution >= 4 is 17.6 Å². The van der Waals surface area contributed by atoms with Gasteiger partial charge in [0.25, 0.3) is 0 Å². The lowest BCUT2D eigenvalue weighted by Gasteiger charge is -2.09. The van der Waals surface area contributed by atoms with Gasteiger partial charge in [-0.2, -0.15) is 5.10 Å². The fourth-order valence-corrected chi connectivity index (χ4v) is 3.00. The van der Waals surface area contributed by atoms with Gasteiger partial charge < -0.3 is 20.3 Å². The Balaban J connectivity index is 1.65. The molecule has 1 fully saturated rings. The number of H-pyrrole nitrogens is 1. The molecule has 0 saturated heterocycles. The number of aromatic amines is 1. The van der Waals surface area contributed by atoms with Crippen LogP contribution < -0.4 is 16.2 Å². The van der Waals surface area contributed by atoms with Crippen molar-refractivity contribution in [3.63, 3.8) is 0 Å². The molecule has 8 nitrogen and oxygen atoms in total. The lowest BCUT2D eigenvalue weighted by Crippen LogP contribution is -2.31. The summed E-state index contributed by atoms with van der Waals surface area (Å²) in [6.45, 7) is 0. The quantitative estimate of drug-likeness (QED) is 0.686. The maximum Gasteiger partial charge on any atom is 0.404 e. The van der Waals surface area contributed by atoms with E-state index < -0.39 is 6.09 Å². The topological polar surface area (TPSA) is 112 Å². The molecule has 1 amide bonds. The number of anilines is 2. The third-order valence-corrected chi connectivity index (χ3v) is 4.16. The Morgan fingerprint density at radius 2 is 2.26 bits per heavy atom. The Morgan fingerprint density at radius 3 is 3.00 bits per heavy atom. The Bertz CT molecular complexity index is 766. The molecule has 0 bridgehead atoms. The Hall–Kier alpha value is -2.77. The molecule has 1 unspecified atom stereocenters. The molecule has 0 aliphatic heterocycles. The molecule has 4 N–H and O–H groups in total. The molecular formula is C15H19N5O3. The molecule has 3 rings (SSSR count). The summed E-state index contributed by atoms with van der Waals surface area (Å²) in [6.07, 6.45) is 3.26. The van der Waals surface area contributed by atoms with Crippen LogP contribution in [0, 0.1) is 0 Å². The summed E-state index contributed by atoms with van der Waals surface area (Å²) in [4.78, 5) is 22.1. The first-order chi connectivity index (χ1) is 11.0. The van der Waals surface area contributed by atoms with Crippen LogP contribution in [0.4, 0.5) is 16.3 Å². The molecule has 122 valence electrons. The molecule has 1 aliphatic carbocycles. The maximum atomic E-state index is 11.4. The van der Waals surface area contributed by atoms with Gasteiger partial charge in [0.05, 0.1) is 5.69 Å². The average Bonchev–Trinajstić information content (AvgIpc) is 3.11. The first kappa shape index (κ1) is 15.1. The van der Waals surface area contributed by atoms with Crippen LogP contribution in [-0.2, 0) is 7.05 Å². The number of hydrogen-bond donors (Lipinski definition) is 4. The summed E-state index contributed by atoms with van der Waals surface area (Å²) in [5, 5.41) is 21.7. The molecule has 2 aromatic heterocycles. The van der Waals surface area contributed by atoms with E-state index in [9.17, 15) is 9.59 Å². The van der Waals surface area contributed by atoms with Gasteiger partial charge in [0.2, 0.25) is 5.56 Å². The van der Waals surface area contributed by atoms with E-state index in [1.807, 2.05) is 6.07 Å². The number of aryl methyl sites for hydroxylation is 1. The zero-order valence-corrected chi connectivity index (χ0v) is 12.7. The number of nitrogens with one attached hydrogen (secondary N) is 3. The highest BCUT2D eigenvalue weighted by Gasteiger charge is 2.28. The molecule has 2 heterocycles. The predicted molar refractivity (Wildman–Crippen MR) is 85.1 cm³/mol. The maximum absolute atomic E-state index is 11.4. The summed E-state index contributed by atoms with van der Waals surface area (Å²) in [5.41, 5.74) is 1.70. The van der Waals surface area contributed by atoms with Crippen LogP contribution in [0.2, 0.25) is 0 Å². The van der Waals surface area contributed by atoms with Crippen molar-refractivity contribution in [2.45, 2.75) is 31.2 Å². The number of carboxylic acid groups (broad SMARTS) is 1. The van der Waals surface area contributed by atoms with Crippen LogP contribution >= 0.6 is 0 Å². The second-order valence-corrected chi connectivity index (χ2v) is 5.86. The lowest BCUT2D eigenvalue weighted by molar-refractivity contribution is 0.190. The Kier molecular flexibility index (Phi) is 4.05. The van der Waals surface area contributed by atoms with Crippen molar-refractivity contribution < 1.29 is 9.90 Å². The van der Waals surface area contributed by atoms with Crippen molar-refractivity contribution in [1.82, 2.24) is 20.1 Å². The number of carbonyl (C=O) groups is 1. The van der Waals surface area contributed by atoms with E-state index in [1.54, 1.807) is 19.3 Å². The third-order valence-electron chi connectivity index (χ3n) is 4.16. The first-order valence-corrected chi connectivity index (χ1v) is 7.50. The van der Waals surface area contributed by atoms with Crippen molar-refractivity contribution in [2.75, 3.05) is 5.32 Å². The number of hydrogen-bond acceptors (Lipinski definition) is 4. The van der Waals surface area contributed by atoms with Gasteiger partial charge in [-0.25, -0.2) is 4.79 Å². The number of rotatable bonds is 4. The van der Waals surface area contributed by atoms with Crippen LogP contribution in [0.25, 0.3) is 0 Å². The molecule has 1 aliphatic rings. The van der Waals surface area contributed by atoms with Crippen molar-refractivity contribution in [3.05, 3.63) is 40.4 Å². The molecule has 2 atom stereocenters. The van der Waals surface area contributed by atoms with Crippen molar-refractivity contribution in [1.29, 1.82) is 0 Å². The largest absolute Gasteiger partial charge is 0.465 e. The van der Waals surface area contributed by atoms with Gasteiger partial charge in [0, 0.05) is 43.0 Å². The third kappa shape index (κ3) is 3.53. The van der Waals surface area contributed by atoms with Crippen LogP contribution in [0.1, 0.15) is 30.9 Å². The molecule has 0 aromatic carbocycles. The van der Waals surface area contributed by atoms with Crippen molar-refractivity contribution in [3.8, 4) is 0 Å². The van der Waals surface area contributed by atoms with Crippen LogP contribution in [0.15, 0.2) is 29.2 Å². The lowest BCUT2D eigenvalue weighted by atomic mass is 10.0. The normalized spacial score (nSPS) is 20.4. The SMILES string of the molecule is Cn1cc(Nc2cc(C3CC[C@H](NC(=O)O)C3)[nH]n2)ccc1=O. The zero-order chi connectivity index (χ0) is 16.4. The Morgan fingerprint density at radius 1 is 1.43 bits per heavy atom. The van der Waals surface area contributed by atoms with Gasteiger partial charge in [-0.3, -0.25) is 9.89 Å². The predicted octanol–water partition coefficient (Wildman–Crippen LogP) is 1.76. The van der Waals surface area contributed by atoms with E-state index in [1.165, 1.54) is 10.6 Å². The van der Waals surface area contributed by atoms with Gasteiger partial charge in [-0.15, -0.1) is 0 Å². The standard InChI is InChI=1S/C15H19N5O3/c1-20-8-11(4-5-14(20)21)16-13-7-12(18-19-13)9-2-3-10(6-9)17-15(22)23/h4-5,7-10,17H,2-3,6H2,1H3,(H,22,23)(H2,16,18,19)/t9?,10-/m0/s1. The monoisotopic (exact) mass is 317 g/mol. The number of pyridine rings is 1. The summed E-state index contributed by atoms with van der Waals surface area (Å²) in [6, 6.07) is 5.13. The van der Waals surface area contributed by atoms with Gasteiger partial charge in [-0.05, 0) is 25.3 Å². The van der Waals surface area contributed by atoms with Crippen LogP contribution in [0.3, 0.4) is 0 Å². The van der Waals surface area contributed by atoms with E-state index in [0.717, 1.165) is 30.6 Å². The van der Waals surface area contributed by atoms with Gasteiger partial charge in [-0.1, -0.05) is 0 Å². The molecular weight excluding hydrogens is 298 g/mol. The minimum atomic E-state index is -0.975. The number of aromatic nitrogens is 3. The van der Waals surface area contributed by atoms with Gasteiger partial charge in [0.15, 0.2) is 5.82 Å². The average molecular weight is 317 g/mol. The molecule has 8 heteroatoms. The molecule has 2 aromatic rings. The summed E-state index contributed by atoms with van der Waals surface area (Å²) in [7, 11) is 1.69. The summed E-state index contributed by atoms with van der Waals surface area (Å²) < 4.78 is 1.50. The Labute approximate surface area is 132 Å². The van der Waals surface area contributed by atoms with Crippen LogP contribution in [-0.4, -0.2) is 32.0 Å². The first-order valence-electron chi connectivity index (χ1n) is 7.50. The van der Waals surface area contributed by atoms with E-state index in [4.69, 9.17) is 5.11 Å². The van der Waals surface area contributed by atoms with E-state index in [-0.39, 0.29) is 17.5 Å².